The molecule has 2 aromatic carbocycles. The monoisotopic (exact) mass is 686 g/mol. The van der Waals surface area contributed by atoms with Gasteiger partial charge in [-0.05, 0) is 49.7 Å². The fourth-order valence-electron chi connectivity index (χ4n) is 5.81. The van der Waals surface area contributed by atoms with Gasteiger partial charge in [0.05, 0.1) is 4.92 Å². The lowest BCUT2D eigenvalue weighted by Gasteiger charge is -2.34. The molecule has 262 valence electrons. The summed E-state index contributed by atoms with van der Waals surface area (Å²) >= 11 is 0. The van der Waals surface area contributed by atoms with Crippen LogP contribution in [-0.2, 0) is 35.6 Å². The fourth-order valence-corrected chi connectivity index (χ4v) is 7.61. The van der Waals surface area contributed by atoms with Gasteiger partial charge in [0.15, 0.2) is 4.90 Å². The number of hydrogen-bond acceptors (Lipinski definition) is 8. The van der Waals surface area contributed by atoms with E-state index in [1.165, 1.54) is 24.0 Å². The molecule has 2 aromatic rings. The number of rotatable bonds is 11. The molecule has 48 heavy (non-hydrogen) atoms. The SMILES string of the molecule is CC(C)C[C@@H](C(N)=O)N1CCCN(S(=O)(=O)c2ccccc2[N+](=O)[O-])[C@@H](CC(C)C)C(=O)N[C@@H](Cc2ccccc2)C(=O)N[C@@H](C)C1=O. The maximum atomic E-state index is 14.4. The molecule has 1 aliphatic heterocycles. The molecule has 14 nitrogen and oxygen atoms in total. The van der Waals surface area contributed by atoms with Crippen LogP contribution in [0.1, 0.15) is 59.4 Å². The van der Waals surface area contributed by atoms with Gasteiger partial charge < -0.3 is 21.3 Å². The number of nitrogens with zero attached hydrogens (tertiary/aromatic N) is 3. The van der Waals surface area contributed by atoms with E-state index >= 15 is 0 Å². The van der Waals surface area contributed by atoms with Crippen LogP contribution in [0.5, 0.6) is 0 Å². The molecule has 0 spiro atoms. The van der Waals surface area contributed by atoms with Crippen molar-refractivity contribution in [2.24, 2.45) is 17.6 Å². The Hall–Kier alpha value is -4.37. The predicted molar refractivity (Wildman–Crippen MR) is 179 cm³/mol. The van der Waals surface area contributed by atoms with Gasteiger partial charge in [-0.15, -0.1) is 0 Å². The van der Waals surface area contributed by atoms with Crippen molar-refractivity contribution >= 4 is 39.3 Å². The Kier molecular flexibility index (Phi) is 13.2. The van der Waals surface area contributed by atoms with Gasteiger partial charge in [-0.25, -0.2) is 8.42 Å². The molecule has 1 saturated heterocycles. The van der Waals surface area contributed by atoms with Crippen LogP contribution in [0.25, 0.3) is 0 Å². The van der Waals surface area contributed by atoms with Crippen LogP contribution in [-0.4, -0.2) is 83.4 Å². The molecular weight excluding hydrogens is 640 g/mol. The molecule has 0 aliphatic carbocycles. The van der Waals surface area contributed by atoms with Crippen molar-refractivity contribution in [2.45, 2.75) is 89.4 Å². The van der Waals surface area contributed by atoms with E-state index in [2.05, 4.69) is 10.6 Å². The lowest BCUT2D eigenvalue weighted by atomic mass is 10.0. The first-order valence-corrected chi connectivity index (χ1v) is 17.5. The average Bonchev–Trinajstić information content (AvgIpc) is 3.02. The Balaban J connectivity index is 2.22. The van der Waals surface area contributed by atoms with Gasteiger partial charge in [0, 0.05) is 25.6 Å². The zero-order valence-corrected chi connectivity index (χ0v) is 28.8. The van der Waals surface area contributed by atoms with Crippen LogP contribution < -0.4 is 16.4 Å². The quantitative estimate of drug-likeness (QED) is 0.236. The van der Waals surface area contributed by atoms with Gasteiger partial charge in [0.25, 0.3) is 15.7 Å². The van der Waals surface area contributed by atoms with Crippen LogP contribution in [0.15, 0.2) is 59.5 Å². The number of amides is 4. The van der Waals surface area contributed by atoms with Crippen molar-refractivity contribution in [3.05, 3.63) is 70.3 Å². The van der Waals surface area contributed by atoms with Gasteiger partial charge in [-0.1, -0.05) is 70.2 Å². The number of benzene rings is 2. The van der Waals surface area contributed by atoms with Crippen LogP contribution in [0.2, 0.25) is 0 Å². The molecule has 0 saturated carbocycles. The minimum atomic E-state index is -4.72. The molecule has 0 aromatic heterocycles. The molecule has 4 N–H and O–H groups in total. The smallest absolute Gasteiger partial charge is 0.289 e. The molecule has 3 rings (SSSR count). The minimum absolute atomic E-state index is 0.0156. The van der Waals surface area contributed by atoms with Crippen molar-refractivity contribution in [2.75, 3.05) is 13.1 Å². The Morgan fingerprint density at radius 2 is 1.58 bits per heavy atom. The second-order valence-corrected chi connectivity index (χ2v) is 14.8. The first-order valence-electron chi connectivity index (χ1n) is 16.0. The third kappa shape index (κ3) is 9.60. The Morgan fingerprint density at radius 1 is 0.958 bits per heavy atom. The van der Waals surface area contributed by atoms with Gasteiger partial charge in [-0.2, -0.15) is 4.31 Å². The Bertz CT molecular complexity index is 1580. The zero-order chi connectivity index (χ0) is 35.8. The number of carbonyl (C=O) groups is 4. The van der Waals surface area contributed by atoms with Gasteiger partial charge >= 0.3 is 0 Å². The van der Waals surface area contributed by atoms with Crippen molar-refractivity contribution in [1.29, 1.82) is 0 Å². The van der Waals surface area contributed by atoms with E-state index in [-0.39, 0.29) is 50.6 Å². The topological polar surface area (TPSA) is 202 Å². The summed E-state index contributed by atoms with van der Waals surface area (Å²) in [5.74, 6) is -3.10. The molecule has 4 amide bonds. The molecule has 0 unspecified atom stereocenters. The summed E-state index contributed by atoms with van der Waals surface area (Å²) in [5, 5.41) is 17.3. The third-order valence-corrected chi connectivity index (χ3v) is 10.1. The fraction of sp³-hybridized carbons (Fsp3) is 0.515. The summed E-state index contributed by atoms with van der Waals surface area (Å²) in [7, 11) is -4.72. The summed E-state index contributed by atoms with van der Waals surface area (Å²) < 4.78 is 29.6. The Morgan fingerprint density at radius 3 is 2.17 bits per heavy atom. The summed E-state index contributed by atoms with van der Waals surface area (Å²) in [5.41, 5.74) is 5.80. The maximum absolute atomic E-state index is 14.4. The van der Waals surface area contributed by atoms with E-state index in [0.29, 0.717) is 5.56 Å². The normalized spacial score (nSPS) is 21.1. The summed E-state index contributed by atoms with van der Waals surface area (Å²) in [4.78, 5) is 66.3. The molecule has 0 radical (unpaired) electrons. The lowest BCUT2D eigenvalue weighted by Crippen LogP contribution is -2.58. The second-order valence-electron chi connectivity index (χ2n) is 12.9. The molecule has 1 aliphatic rings. The largest absolute Gasteiger partial charge is 0.368 e. The third-order valence-electron chi connectivity index (χ3n) is 8.10. The van der Waals surface area contributed by atoms with Crippen LogP contribution in [0, 0.1) is 22.0 Å². The lowest BCUT2D eigenvalue weighted by molar-refractivity contribution is -0.387. The Labute approximate surface area is 281 Å². The number of nitro benzene ring substituents is 1. The van der Waals surface area contributed by atoms with Crippen LogP contribution in [0.3, 0.4) is 0 Å². The molecule has 4 atom stereocenters. The summed E-state index contributed by atoms with van der Waals surface area (Å²) in [6, 6.07) is 8.91. The van der Waals surface area contributed by atoms with Crippen molar-refractivity contribution < 1.29 is 32.5 Å². The first kappa shape index (κ1) is 38.1. The number of primary amides is 1. The summed E-state index contributed by atoms with van der Waals surface area (Å²) in [6.07, 6.45) is 0.198. The number of carbonyl (C=O) groups excluding carboxylic acids is 4. The predicted octanol–water partition coefficient (Wildman–Crippen LogP) is 2.36. The van der Waals surface area contributed by atoms with E-state index in [0.717, 1.165) is 16.4 Å². The van der Waals surface area contributed by atoms with Crippen molar-refractivity contribution in [1.82, 2.24) is 19.8 Å². The number of para-hydroxylation sites is 1. The highest BCUT2D eigenvalue weighted by atomic mass is 32.2. The molecule has 0 bridgehead atoms. The molecule has 15 heteroatoms. The summed E-state index contributed by atoms with van der Waals surface area (Å²) in [6.45, 7) is 8.29. The highest BCUT2D eigenvalue weighted by Crippen LogP contribution is 2.30. The number of nitrogens with one attached hydrogen (secondary N) is 2. The highest BCUT2D eigenvalue weighted by Gasteiger charge is 2.41. The van der Waals surface area contributed by atoms with Crippen LogP contribution in [0.4, 0.5) is 5.69 Å². The van der Waals surface area contributed by atoms with Crippen molar-refractivity contribution in [3.8, 4) is 0 Å². The van der Waals surface area contributed by atoms with E-state index in [4.69, 9.17) is 5.73 Å². The number of hydrogen-bond donors (Lipinski definition) is 3. The standard InChI is InChI=1S/C33H46N6O8S/c1-21(2)18-27(30(34)40)37-16-11-17-38(48(46,47)29-15-10-9-14-26(29)39(44)45)28(19-22(3)4)32(42)36-25(20-24-12-7-6-8-13-24)31(41)35-23(5)33(37)43/h6-10,12-15,21-23,25,27-28H,11,16-20H2,1-5H3,(H2,34,40)(H,35,41)(H,36,42)/t23-,25-,27-,28-/m0/s1. The van der Waals surface area contributed by atoms with Crippen LogP contribution >= 0.6 is 0 Å². The molecule has 1 fully saturated rings. The van der Waals surface area contributed by atoms with Gasteiger partial charge in [0.1, 0.15) is 24.2 Å². The van der Waals surface area contributed by atoms with E-state index in [1.54, 1.807) is 44.2 Å². The van der Waals surface area contributed by atoms with E-state index in [1.807, 2.05) is 13.8 Å². The first-order chi connectivity index (χ1) is 22.5. The minimum Gasteiger partial charge on any atom is -0.368 e. The van der Waals surface area contributed by atoms with Gasteiger partial charge in [-0.3, -0.25) is 29.3 Å². The molecular formula is C33H46N6O8S. The number of sulfonamides is 1. The van der Waals surface area contributed by atoms with Gasteiger partial charge in [0.2, 0.25) is 23.6 Å². The zero-order valence-electron chi connectivity index (χ0n) is 28.0. The van der Waals surface area contributed by atoms with E-state index < -0.39 is 73.3 Å². The number of nitrogens with two attached hydrogens (primary N) is 1. The number of nitro groups is 1. The van der Waals surface area contributed by atoms with E-state index in [9.17, 15) is 37.7 Å². The second kappa shape index (κ2) is 16.6. The maximum Gasteiger partial charge on any atom is 0.289 e. The highest BCUT2D eigenvalue weighted by molar-refractivity contribution is 7.89. The molecule has 1 heterocycles. The van der Waals surface area contributed by atoms with Crippen molar-refractivity contribution in [3.63, 3.8) is 0 Å². The average molecular weight is 687 g/mol.